The highest BCUT2D eigenvalue weighted by Gasteiger charge is 2.51. The number of hydrogen-bond donors (Lipinski definition) is 0. The van der Waals surface area contributed by atoms with Gasteiger partial charge in [-0.3, -0.25) is 0 Å². The van der Waals surface area contributed by atoms with E-state index in [1.807, 2.05) is 0 Å². The van der Waals surface area contributed by atoms with Gasteiger partial charge in [0.2, 0.25) is 0 Å². The highest BCUT2D eigenvalue weighted by Crippen LogP contribution is 2.61. The number of anilines is 3. The molecule has 1 atom stereocenters. The quantitative estimate of drug-likeness (QED) is 0.140. The summed E-state index contributed by atoms with van der Waals surface area (Å²) in [5.41, 5.74) is 23.3. The highest BCUT2D eigenvalue weighted by molar-refractivity contribution is 6.13. The van der Waals surface area contributed by atoms with Gasteiger partial charge in [-0.25, -0.2) is 0 Å². The molecule has 11 aromatic rings. The molecule has 0 fully saturated rings. The molecule has 2 nitrogen and oxygen atoms in total. The number of nitrogens with zero attached hydrogens (tertiary/aromatic N) is 2. The van der Waals surface area contributed by atoms with Crippen LogP contribution in [0.1, 0.15) is 34.7 Å². The first kappa shape index (κ1) is 41.2. The normalized spacial score (nSPS) is 14.8. The molecular formula is C68H48N2. The fourth-order valence-corrected chi connectivity index (χ4v) is 11.7. The summed E-state index contributed by atoms with van der Waals surface area (Å²) in [6, 6.07) is 90.9. The Morgan fingerprint density at radius 2 is 1.03 bits per heavy atom. The van der Waals surface area contributed by atoms with E-state index in [4.69, 9.17) is 0 Å². The number of fused-ring (bicyclic) bond motifs is 9. The Hall–Kier alpha value is -8.98. The maximum Gasteiger partial charge on any atom is 0.0754 e. The van der Waals surface area contributed by atoms with E-state index in [9.17, 15) is 0 Å². The molecule has 0 saturated carbocycles. The van der Waals surface area contributed by atoms with Gasteiger partial charge < -0.3 is 9.47 Å². The Bertz CT molecular complexity index is 3890. The molecule has 10 aromatic carbocycles. The van der Waals surface area contributed by atoms with Crippen LogP contribution in [0.2, 0.25) is 0 Å². The van der Waals surface area contributed by atoms with Crippen LogP contribution in [-0.2, 0) is 5.41 Å². The van der Waals surface area contributed by atoms with Crippen molar-refractivity contribution in [1.82, 2.24) is 4.57 Å². The lowest BCUT2D eigenvalue weighted by Crippen LogP contribution is -2.34. The Labute approximate surface area is 409 Å². The fourth-order valence-electron chi connectivity index (χ4n) is 11.7. The molecule has 1 aliphatic heterocycles. The first-order valence-corrected chi connectivity index (χ1v) is 24.2. The Morgan fingerprint density at radius 3 is 1.80 bits per heavy atom. The molecule has 1 unspecified atom stereocenters. The van der Waals surface area contributed by atoms with Crippen molar-refractivity contribution in [3.05, 3.63) is 301 Å². The smallest absolute Gasteiger partial charge is 0.0754 e. The molecule has 1 aromatic heterocycles. The number of benzene rings is 10. The molecule has 0 bridgehead atoms. The van der Waals surface area contributed by atoms with Crippen LogP contribution in [0, 0.1) is 0 Å². The molecule has 0 amide bonds. The van der Waals surface area contributed by atoms with Gasteiger partial charge >= 0.3 is 0 Å². The monoisotopic (exact) mass is 892 g/mol. The molecular weight excluding hydrogens is 845 g/mol. The summed E-state index contributed by atoms with van der Waals surface area (Å²) in [5, 5.41) is 2.54. The number of aromatic nitrogens is 1. The van der Waals surface area contributed by atoms with Gasteiger partial charge in [-0.15, -0.1) is 0 Å². The average molecular weight is 893 g/mol. The summed E-state index contributed by atoms with van der Waals surface area (Å²) >= 11 is 0. The Kier molecular flexibility index (Phi) is 9.81. The van der Waals surface area contributed by atoms with Gasteiger partial charge in [-0.05, 0) is 122 Å². The second-order valence-corrected chi connectivity index (χ2v) is 18.5. The SMILES string of the molecule is C=CC1=C(/C=C(\C)c2ccc(N(c3cccc(-c4ccccc4)c3)c3ccccc3-c3ccc(-c4ccccc4)cc3)cc2)C2(c3ccccc31)c1ccccc1-n1c3ccccc3c3cccc2c31. The topological polar surface area (TPSA) is 8.17 Å². The first-order valence-electron chi connectivity index (χ1n) is 24.2. The van der Waals surface area contributed by atoms with Gasteiger partial charge in [0.05, 0.1) is 27.8 Å². The zero-order valence-corrected chi connectivity index (χ0v) is 38.9. The lowest BCUT2D eigenvalue weighted by Gasteiger charge is -2.40. The standard InChI is InChI=1S/C68H48N2/c1-3-55-57-27-10-13-30-60(57)68(61-31-14-17-35-66(61)70-65-34-16-12-28-58(65)59-29-19-32-62(68)67(59)70)63(55)44-46(2)47-40-42-53(43-41-47)69(54-25-18-24-52(45-54)49-22-8-5-9-23-49)64-33-15-11-26-56(64)51-38-36-50(37-39-51)48-20-6-4-7-21-48/h3-45H,1H2,2H3/b46-44+. The summed E-state index contributed by atoms with van der Waals surface area (Å²) in [6.07, 6.45) is 4.53. The lowest BCUT2D eigenvalue weighted by atomic mass is 9.64. The van der Waals surface area contributed by atoms with E-state index in [0.717, 1.165) is 33.8 Å². The minimum atomic E-state index is -0.578. The van der Waals surface area contributed by atoms with E-state index in [0.29, 0.717) is 0 Å². The van der Waals surface area contributed by atoms with Crippen LogP contribution in [0.15, 0.2) is 273 Å². The molecule has 0 radical (unpaired) electrons. The van der Waals surface area contributed by atoms with Crippen LogP contribution in [0.3, 0.4) is 0 Å². The van der Waals surface area contributed by atoms with E-state index in [1.165, 1.54) is 88.7 Å². The van der Waals surface area contributed by atoms with Crippen molar-refractivity contribution in [1.29, 1.82) is 0 Å². The third kappa shape index (κ3) is 6.34. The predicted octanol–water partition coefficient (Wildman–Crippen LogP) is 18.0. The van der Waals surface area contributed by atoms with Crippen LogP contribution in [0.25, 0.3) is 72.0 Å². The molecule has 13 rings (SSSR count). The molecule has 330 valence electrons. The van der Waals surface area contributed by atoms with Crippen molar-refractivity contribution >= 4 is 50.0 Å². The maximum atomic E-state index is 4.50. The summed E-state index contributed by atoms with van der Waals surface area (Å²) in [6.45, 7) is 6.76. The molecule has 2 heterocycles. The lowest BCUT2D eigenvalue weighted by molar-refractivity contribution is 0.742. The predicted molar refractivity (Wildman–Crippen MR) is 295 cm³/mol. The minimum Gasteiger partial charge on any atom is -0.310 e. The third-order valence-electron chi connectivity index (χ3n) is 14.8. The van der Waals surface area contributed by atoms with Crippen LogP contribution in [-0.4, -0.2) is 4.57 Å². The zero-order chi connectivity index (χ0) is 46.8. The highest BCUT2D eigenvalue weighted by atomic mass is 15.1. The zero-order valence-electron chi connectivity index (χ0n) is 38.9. The van der Waals surface area contributed by atoms with Gasteiger partial charge in [-0.2, -0.15) is 0 Å². The van der Waals surface area contributed by atoms with Crippen molar-refractivity contribution < 1.29 is 0 Å². The van der Waals surface area contributed by atoms with E-state index >= 15 is 0 Å². The summed E-state index contributed by atoms with van der Waals surface area (Å²) in [7, 11) is 0. The van der Waals surface area contributed by atoms with Crippen molar-refractivity contribution in [2.45, 2.75) is 12.3 Å². The summed E-state index contributed by atoms with van der Waals surface area (Å²) in [4.78, 5) is 2.41. The second kappa shape index (κ2) is 16.7. The summed E-state index contributed by atoms with van der Waals surface area (Å²) in [5.74, 6) is 0. The largest absolute Gasteiger partial charge is 0.310 e. The van der Waals surface area contributed by atoms with Crippen LogP contribution < -0.4 is 4.90 Å². The van der Waals surface area contributed by atoms with Gasteiger partial charge in [0.1, 0.15) is 0 Å². The summed E-state index contributed by atoms with van der Waals surface area (Å²) < 4.78 is 2.50. The number of allylic oxidation sites excluding steroid dienone is 5. The second-order valence-electron chi connectivity index (χ2n) is 18.5. The molecule has 1 spiro atoms. The van der Waals surface area contributed by atoms with E-state index in [1.54, 1.807) is 0 Å². The van der Waals surface area contributed by atoms with Gasteiger partial charge in [0.15, 0.2) is 0 Å². The van der Waals surface area contributed by atoms with Gasteiger partial charge in [0, 0.05) is 27.7 Å². The molecule has 0 saturated heterocycles. The Morgan fingerprint density at radius 1 is 0.457 bits per heavy atom. The Balaban J connectivity index is 0.960. The number of rotatable bonds is 9. The maximum absolute atomic E-state index is 4.50. The molecule has 70 heavy (non-hydrogen) atoms. The van der Waals surface area contributed by atoms with Crippen molar-refractivity contribution in [3.8, 4) is 39.1 Å². The van der Waals surface area contributed by atoms with E-state index in [2.05, 4.69) is 284 Å². The molecule has 1 aliphatic carbocycles. The molecule has 2 heteroatoms. The molecule has 2 aliphatic rings. The van der Waals surface area contributed by atoms with Crippen LogP contribution in [0.5, 0.6) is 0 Å². The third-order valence-corrected chi connectivity index (χ3v) is 14.8. The molecule has 0 N–H and O–H groups in total. The van der Waals surface area contributed by atoms with E-state index < -0.39 is 5.41 Å². The first-order chi connectivity index (χ1) is 34.6. The average Bonchev–Trinajstić information content (AvgIpc) is 3.92. The van der Waals surface area contributed by atoms with Gasteiger partial charge in [-0.1, -0.05) is 225 Å². The van der Waals surface area contributed by atoms with Crippen molar-refractivity contribution in [2.75, 3.05) is 4.90 Å². The fraction of sp³-hybridized carbons (Fsp3) is 0.0294. The minimum absolute atomic E-state index is 0.578. The van der Waals surface area contributed by atoms with Crippen molar-refractivity contribution in [3.63, 3.8) is 0 Å². The van der Waals surface area contributed by atoms with Crippen LogP contribution >= 0.6 is 0 Å². The van der Waals surface area contributed by atoms with Crippen LogP contribution in [0.4, 0.5) is 17.1 Å². The number of hydrogen-bond acceptors (Lipinski definition) is 1. The number of para-hydroxylation sites is 4. The van der Waals surface area contributed by atoms with Crippen molar-refractivity contribution in [2.24, 2.45) is 0 Å². The van der Waals surface area contributed by atoms with E-state index in [-0.39, 0.29) is 0 Å². The van der Waals surface area contributed by atoms with Gasteiger partial charge in [0.25, 0.3) is 0 Å².